The van der Waals surface area contributed by atoms with Crippen LogP contribution >= 0.6 is 0 Å². The van der Waals surface area contributed by atoms with E-state index in [9.17, 15) is 14.7 Å². The highest BCUT2D eigenvalue weighted by atomic mass is 16.5. The van der Waals surface area contributed by atoms with Crippen molar-refractivity contribution in [2.45, 2.75) is 25.4 Å². The summed E-state index contributed by atoms with van der Waals surface area (Å²) < 4.78 is 5.68. The lowest BCUT2D eigenvalue weighted by Gasteiger charge is -2.30. The summed E-state index contributed by atoms with van der Waals surface area (Å²) >= 11 is 0. The fraction of sp³-hybridized carbons (Fsp3) is 0.250. The Hall–Kier alpha value is -3.34. The molecule has 1 saturated heterocycles. The Morgan fingerprint density at radius 1 is 0.862 bits per heavy atom. The number of ether oxygens (including phenoxy) is 1. The maximum Gasteiger partial charge on any atom is 0.343 e. The molecule has 5 nitrogen and oxygen atoms in total. The van der Waals surface area contributed by atoms with Gasteiger partial charge in [0.2, 0.25) is 6.10 Å². The number of benzene rings is 3. The average Bonchev–Trinajstić information content (AvgIpc) is 2.78. The summed E-state index contributed by atoms with van der Waals surface area (Å²) in [5.74, 6) is -1.07. The van der Waals surface area contributed by atoms with Gasteiger partial charge in [-0.15, -0.1) is 0 Å². The molecular weight excluding hydrogens is 366 g/mol. The number of aromatic hydroxyl groups is 1. The maximum absolute atomic E-state index is 13.1. The molecule has 1 aliphatic heterocycles. The first kappa shape index (κ1) is 19.0. The number of carbonyl (C=O) groups excluding carboxylic acids is 2. The van der Waals surface area contributed by atoms with Crippen LogP contribution in [0.3, 0.4) is 0 Å². The zero-order valence-corrected chi connectivity index (χ0v) is 16.1. The van der Waals surface area contributed by atoms with Gasteiger partial charge in [-0.3, -0.25) is 4.79 Å². The summed E-state index contributed by atoms with van der Waals surface area (Å²) in [5, 5.41) is 12.0. The molecule has 1 heterocycles. The number of hydrogen-bond acceptors (Lipinski definition) is 4. The average molecular weight is 389 g/mol. The minimum atomic E-state index is -1.03. The second-order valence-corrected chi connectivity index (χ2v) is 7.26. The smallest absolute Gasteiger partial charge is 0.343 e. The van der Waals surface area contributed by atoms with Gasteiger partial charge in [0.25, 0.3) is 5.91 Å². The van der Waals surface area contributed by atoms with Crippen LogP contribution in [-0.2, 0) is 9.53 Å². The molecule has 29 heavy (non-hydrogen) atoms. The number of esters is 1. The number of fused-ring (bicyclic) bond motifs is 1. The SMILES string of the molecule is O=C(O[C@H](C(=O)N1CCCCC1)c1ccccc1)c1ccc2ccccc2c1O. The van der Waals surface area contributed by atoms with E-state index in [0.29, 0.717) is 24.0 Å². The van der Waals surface area contributed by atoms with E-state index in [0.717, 1.165) is 24.6 Å². The number of phenolic OH excluding ortho intramolecular Hbond substituents is 1. The molecule has 0 aliphatic carbocycles. The maximum atomic E-state index is 13.1. The Labute approximate surface area is 169 Å². The predicted octanol–water partition coefficient (Wildman–Crippen LogP) is 4.46. The Bertz CT molecular complexity index is 1030. The van der Waals surface area contributed by atoms with Crippen LogP contribution in [0.2, 0.25) is 0 Å². The number of nitrogens with zero attached hydrogens (tertiary/aromatic N) is 1. The summed E-state index contributed by atoms with van der Waals surface area (Å²) in [4.78, 5) is 27.8. The lowest BCUT2D eigenvalue weighted by Crippen LogP contribution is -2.40. The van der Waals surface area contributed by atoms with Crippen molar-refractivity contribution >= 4 is 22.6 Å². The summed E-state index contributed by atoms with van der Waals surface area (Å²) in [6, 6.07) is 19.6. The van der Waals surface area contributed by atoms with Crippen molar-refractivity contribution in [1.82, 2.24) is 4.90 Å². The molecule has 0 spiro atoms. The number of rotatable bonds is 4. The zero-order chi connectivity index (χ0) is 20.2. The lowest BCUT2D eigenvalue weighted by molar-refractivity contribution is -0.142. The lowest BCUT2D eigenvalue weighted by atomic mass is 10.0. The van der Waals surface area contributed by atoms with E-state index < -0.39 is 12.1 Å². The first-order valence-corrected chi connectivity index (χ1v) is 9.90. The number of hydrogen-bond donors (Lipinski definition) is 1. The molecule has 0 radical (unpaired) electrons. The zero-order valence-electron chi connectivity index (χ0n) is 16.1. The highest BCUT2D eigenvalue weighted by molar-refractivity contribution is 6.02. The third kappa shape index (κ3) is 3.94. The molecule has 0 saturated carbocycles. The summed E-state index contributed by atoms with van der Waals surface area (Å²) in [6.07, 6.45) is 1.97. The number of likely N-dealkylation sites (tertiary alicyclic amines) is 1. The Balaban J connectivity index is 1.64. The van der Waals surface area contributed by atoms with Gasteiger partial charge in [0, 0.05) is 24.0 Å². The Morgan fingerprint density at radius 2 is 1.55 bits per heavy atom. The molecule has 4 rings (SSSR count). The minimum Gasteiger partial charge on any atom is -0.506 e. The van der Waals surface area contributed by atoms with E-state index in [1.165, 1.54) is 6.07 Å². The van der Waals surface area contributed by atoms with Crippen molar-refractivity contribution in [1.29, 1.82) is 0 Å². The van der Waals surface area contributed by atoms with Gasteiger partial charge in [0.15, 0.2) is 0 Å². The molecule has 1 fully saturated rings. The van der Waals surface area contributed by atoms with Gasteiger partial charge in [-0.2, -0.15) is 0 Å². The van der Waals surface area contributed by atoms with Crippen molar-refractivity contribution in [3.05, 3.63) is 77.9 Å². The highest BCUT2D eigenvalue weighted by Gasteiger charge is 2.31. The number of piperidine rings is 1. The topological polar surface area (TPSA) is 66.8 Å². The first-order valence-electron chi connectivity index (χ1n) is 9.90. The molecule has 3 aromatic carbocycles. The minimum absolute atomic E-state index is 0.0519. The van der Waals surface area contributed by atoms with E-state index in [-0.39, 0.29) is 17.2 Å². The number of carbonyl (C=O) groups is 2. The van der Waals surface area contributed by atoms with E-state index in [2.05, 4.69) is 0 Å². The van der Waals surface area contributed by atoms with Crippen LogP contribution < -0.4 is 0 Å². The third-order valence-corrected chi connectivity index (χ3v) is 5.34. The van der Waals surface area contributed by atoms with E-state index in [1.54, 1.807) is 35.2 Å². The monoisotopic (exact) mass is 389 g/mol. The van der Waals surface area contributed by atoms with Crippen LogP contribution in [0, 0.1) is 0 Å². The summed E-state index contributed by atoms with van der Waals surface area (Å²) in [6.45, 7) is 1.34. The fourth-order valence-electron chi connectivity index (χ4n) is 3.76. The van der Waals surface area contributed by atoms with Crippen molar-refractivity contribution < 1.29 is 19.4 Å². The molecule has 3 aromatic rings. The first-order chi connectivity index (χ1) is 14.1. The van der Waals surface area contributed by atoms with Crippen molar-refractivity contribution in [3.63, 3.8) is 0 Å². The fourth-order valence-corrected chi connectivity index (χ4v) is 3.76. The second-order valence-electron chi connectivity index (χ2n) is 7.26. The normalized spacial score (nSPS) is 15.1. The molecule has 1 atom stereocenters. The molecule has 5 heteroatoms. The standard InChI is InChI=1S/C24H23NO4/c26-21-19-12-6-5-9-17(19)13-14-20(21)24(28)29-22(18-10-3-1-4-11-18)23(27)25-15-7-2-8-16-25/h1,3-6,9-14,22,26H,2,7-8,15-16H2/t22-/m0/s1. The van der Waals surface area contributed by atoms with Crippen LogP contribution in [0.5, 0.6) is 5.75 Å². The Kier molecular flexibility index (Phi) is 5.47. The Morgan fingerprint density at radius 3 is 2.31 bits per heavy atom. The quantitative estimate of drug-likeness (QED) is 0.669. The van der Waals surface area contributed by atoms with Gasteiger partial charge in [-0.25, -0.2) is 4.79 Å². The van der Waals surface area contributed by atoms with Gasteiger partial charge in [-0.1, -0.05) is 60.7 Å². The number of phenols is 1. The molecule has 1 amide bonds. The van der Waals surface area contributed by atoms with E-state index in [4.69, 9.17) is 4.74 Å². The molecule has 0 aromatic heterocycles. The van der Waals surface area contributed by atoms with Gasteiger partial charge < -0.3 is 14.7 Å². The molecule has 0 bridgehead atoms. The van der Waals surface area contributed by atoms with Crippen LogP contribution in [0.25, 0.3) is 10.8 Å². The van der Waals surface area contributed by atoms with Crippen molar-refractivity contribution in [2.24, 2.45) is 0 Å². The molecule has 148 valence electrons. The van der Waals surface area contributed by atoms with Crippen molar-refractivity contribution in [3.8, 4) is 5.75 Å². The van der Waals surface area contributed by atoms with Crippen LogP contribution in [0.4, 0.5) is 0 Å². The van der Waals surface area contributed by atoms with E-state index >= 15 is 0 Å². The van der Waals surface area contributed by atoms with Crippen LogP contribution in [0.15, 0.2) is 66.7 Å². The van der Waals surface area contributed by atoms with Gasteiger partial charge in [-0.05, 0) is 30.7 Å². The third-order valence-electron chi connectivity index (χ3n) is 5.34. The predicted molar refractivity (Wildman–Crippen MR) is 111 cm³/mol. The van der Waals surface area contributed by atoms with Gasteiger partial charge in [0.1, 0.15) is 11.3 Å². The molecule has 0 unspecified atom stereocenters. The summed E-state index contributed by atoms with van der Waals surface area (Å²) in [5.41, 5.74) is 0.674. The highest BCUT2D eigenvalue weighted by Crippen LogP contribution is 2.31. The summed E-state index contributed by atoms with van der Waals surface area (Å²) in [7, 11) is 0. The molecule has 1 N–H and O–H groups in total. The molecule has 1 aliphatic rings. The van der Waals surface area contributed by atoms with Crippen LogP contribution in [0.1, 0.15) is 41.3 Å². The van der Waals surface area contributed by atoms with Crippen molar-refractivity contribution in [2.75, 3.05) is 13.1 Å². The molecular formula is C24H23NO4. The second kappa shape index (κ2) is 8.35. The van der Waals surface area contributed by atoms with Crippen LogP contribution in [-0.4, -0.2) is 35.0 Å². The largest absolute Gasteiger partial charge is 0.506 e. The van der Waals surface area contributed by atoms with Gasteiger partial charge >= 0.3 is 5.97 Å². The van der Waals surface area contributed by atoms with Gasteiger partial charge in [0.05, 0.1) is 0 Å². The number of amides is 1. The van der Waals surface area contributed by atoms with E-state index in [1.807, 2.05) is 30.3 Å².